The molecule has 1 aromatic rings. The highest BCUT2D eigenvalue weighted by Gasteiger charge is 2.37. The van der Waals surface area contributed by atoms with Crippen LogP contribution >= 0.6 is 0 Å². The molecule has 1 aliphatic rings. The lowest BCUT2D eigenvalue weighted by Crippen LogP contribution is -2.54. The summed E-state index contributed by atoms with van der Waals surface area (Å²) in [6.07, 6.45) is 1.58. The molecule has 7 nitrogen and oxygen atoms in total. The van der Waals surface area contributed by atoms with Crippen molar-refractivity contribution in [3.63, 3.8) is 0 Å². The minimum absolute atomic E-state index is 0.202. The molecule has 2 rings (SSSR count). The van der Waals surface area contributed by atoms with Gasteiger partial charge in [0.15, 0.2) is 5.82 Å². The van der Waals surface area contributed by atoms with Gasteiger partial charge in [0, 0.05) is 32.7 Å². The highest BCUT2D eigenvalue weighted by molar-refractivity contribution is 5.83. The fraction of sp³-hybridized carbons (Fsp3) is 0.800. The highest BCUT2D eigenvalue weighted by atomic mass is 16.5. The second-order valence-electron chi connectivity index (χ2n) is 6.00. The third kappa shape index (κ3) is 3.47. The Morgan fingerprint density at radius 3 is 2.36 bits per heavy atom. The average Bonchev–Trinajstić information content (AvgIpc) is 2.95. The summed E-state index contributed by atoms with van der Waals surface area (Å²) < 4.78 is 5.15. The number of hydrogen-bond donors (Lipinski definition) is 1. The first kappa shape index (κ1) is 16.9. The summed E-state index contributed by atoms with van der Waals surface area (Å²) in [5.41, 5.74) is 5.49. The molecule has 0 aliphatic carbocycles. The fourth-order valence-corrected chi connectivity index (χ4v) is 2.97. The zero-order valence-electron chi connectivity index (χ0n) is 13.8. The molecule has 1 amide bonds. The van der Waals surface area contributed by atoms with Crippen LogP contribution in [-0.2, 0) is 11.3 Å². The molecule has 22 heavy (non-hydrogen) atoms. The molecule has 1 aromatic heterocycles. The number of nitrogens with zero attached hydrogens (tertiary/aromatic N) is 4. The van der Waals surface area contributed by atoms with Crippen molar-refractivity contribution in [1.29, 1.82) is 0 Å². The van der Waals surface area contributed by atoms with Crippen LogP contribution < -0.4 is 5.73 Å². The summed E-state index contributed by atoms with van der Waals surface area (Å²) in [5.74, 6) is 1.49. The van der Waals surface area contributed by atoms with Crippen molar-refractivity contribution in [3.05, 3.63) is 11.7 Å². The maximum absolute atomic E-state index is 12.8. The standard InChI is InChI=1S/C15H27N5O2/c1-4-15(5-2,11-16)14(21)20-8-6-19(7-9-20)10-13-17-12(3)18-22-13/h4-11,16H2,1-3H3. The lowest BCUT2D eigenvalue weighted by atomic mass is 9.81. The number of carbonyl (C=O) groups excluding carboxylic acids is 1. The lowest BCUT2D eigenvalue weighted by molar-refractivity contribution is -0.144. The zero-order chi connectivity index (χ0) is 16.2. The van der Waals surface area contributed by atoms with E-state index in [1.165, 1.54) is 0 Å². The molecule has 2 heterocycles. The molecule has 124 valence electrons. The predicted molar refractivity (Wildman–Crippen MR) is 83.0 cm³/mol. The van der Waals surface area contributed by atoms with Crippen molar-refractivity contribution < 1.29 is 9.32 Å². The zero-order valence-corrected chi connectivity index (χ0v) is 13.8. The van der Waals surface area contributed by atoms with Crippen LogP contribution in [0.4, 0.5) is 0 Å². The fourth-order valence-electron chi connectivity index (χ4n) is 2.97. The Morgan fingerprint density at radius 1 is 1.27 bits per heavy atom. The normalized spacial score (nSPS) is 17.0. The first-order valence-corrected chi connectivity index (χ1v) is 8.05. The Balaban J connectivity index is 1.90. The summed E-state index contributed by atoms with van der Waals surface area (Å²) in [5, 5.41) is 3.80. The minimum atomic E-state index is -0.397. The molecule has 0 radical (unpaired) electrons. The first-order chi connectivity index (χ1) is 10.5. The summed E-state index contributed by atoms with van der Waals surface area (Å²) in [7, 11) is 0. The van der Waals surface area contributed by atoms with E-state index in [0.717, 1.165) is 39.0 Å². The summed E-state index contributed by atoms with van der Waals surface area (Å²) in [6.45, 7) is 10.1. The van der Waals surface area contributed by atoms with Crippen molar-refractivity contribution in [1.82, 2.24) is 19.9 Å². The Kier molecular flexibility index (Phi) is 5.52. The van der Waals surface area contributed by atoms with Gasteiger partial charge in [-0.3, -0.25) is 9.69 Å². The Hall–Kier alpha value is -1.47. The van der Waals surface area contributed by atoms with Gasteiger partial charge in [-0.25, -0.2) is 0 Å². The number of aromatic nitrogens is 2. The summed E-state index contributed by atoms with van der Waals surface area (Å²) in [4.78, 5) is 21.2. The molecule has 0 atom stereocenters. The topological polar surface area (TPSA) is 88.5 Å². The molecule has 1 aliphatic heterocycles. The Bertz CT molecular complexity index is 482. The molecule has 0 unspecified atom stereocenters. The number of aryl methyl sites for hydroxylation is 1. The van der Waals surface area contributed by atoms with E-state index >= 15 is 0 Å². The number of rotatable bonds is 6. The third-order valence-corrected chi connectivity index (χ3v) is 4.79. The number of amides is 1. The van der Waals surface area contributed by atoms with E-state index in [4.69, 9.17) is 10.3 Å². The number of nitrogens with two attached hydrogens (primary N) is 1. The van der Waals surface area contributed by atoms with Gasteiger partial charge in [0.1, 0.15) is 0 Å². The van der Waals surface area contributed by atoms with Gasteiger partial charge in [0.25, 0.3) is 0 Å². The average molecular weight is 309 g/mol. The Morgan fingerprint density at radius 2 is 1.91 bits per heavy atom. The second-order valence-corrected chi connectivity index (χ2v) is 6.00. The van der Waals surface area contributed by atoms with Gasteiger partial charge in [-0.1, -0.05) is 19.0 Å². The molecule has 0 bridgehead atoms. The van der Waals surface area contributed by atoms with Gasteiger partial charge >= 0.3 is 0 Å². The minimum Gasteiger partial charge on any atom is -0.340 e. The number of carbonyl (C=O) groups is 1. The van der Waals surface area contributed by atoms with E-state index in [2.05, 4.69) is 15.0 Å². The number of piperazine rings is 1. The van der Waals surface area contributed by atoms with Gasteiger partial charge in [-0.15, -0.1) is 0 Å². The van der Waals surface area contributed by atoms with Gasteiger partial charge < -0.3 is 15.2 Å². The van der Waals surface area contributed by atoms with E-state index in [1.807, 2.05) is 25.7 Å². The third-order valence-electron chi connectivity index (χ3n) is 4.79. The van der Waals surface area contributed by atoms with Crippen LogP contribution in [0.15, 0.2) is 4.52 Å². The van der Waals surface area contributed by atoms with Gasteiger partial charge in [0.05, 0.1) is 12.0 Å². The van der Waals surface area contributed by atoms with Crippen LogP contribution in [0.25, 0.3) is 0 Å². The van der Waals surface area contributed by atoms with Crippen LogP contribution in [-0.4, -0.2) is 58.6 Å². The van der Waals surface area contributed by atoms with Crippen LogP contribution in [0.5, 0.6) is 0 Å². The van der Waals surface area contributed by atoms with Crippen molar-refractivity contribution in [2.75, 3.05) is 32.7 Å². The predicted octanol–water partition coefficient (Wildman–Crippen LogP) is 0.787. The van der Waals surface area contributed by atoms with Crippen molar-refractivity contribution >= 4 is 5.91 Å². The second kappa shape index (κ2) is 7.19. The molecule has 1 fully saturated rings. The molecule has 0 aromatic carbocycles. The maximum Gasteiger partial charge on any atom is 0.240 e. The largest absolute Gasteiger partial charge is 0.340 e. The van der Waals surface area contributed by atoms with E-state index in [9.17, 15) is 4.79 Å². The monoisotopic (exact) mass is 309 g/mol. The van der Waals surface area contributed by atoms with Gasteiger partial charge in [-0.05, 0) is 19.8 Å². The van der Waals surface area contributed by atoms with Gasteiger partial charge in [-0.2, -0.15) is 4.98 Å². The highest BCUT2D eigenvalue weighted by Crippen LogP contribution is 2.28. The molecule has 1 saturated heterocycles. The van der Waals surface area contributed by atoms with Crippen LogP contribution in [0.3, 0.4) is 0 Å². The molecule has 0 spiro atoms. The van der Waals surface area contributed by atoms with Crippen molar-refractivity contribution in [2.24, 2.45) is 11.1 Å². The van der Waals surface area contributed by atoms with E-state index in [0.29, 0.717) is 24.8 Å². The van der Waals surface area contributed by atoms with Crippen LogP contribution in [0, 0.1) is 12.3 Å². The lowest BCUT2D eigenvalue weighted by Gasteiger charge is -2.40. The van der Waals surface area contributed by atoms with Crippen LogP contribution in [0.2, 0.25) is 0 Å². The summed E-state index contributed by atoms with van der Waals surface area (Å²) in [6, 6.07) is 0. The van der Waals surface area contributed by atoms with E-state index < -0.39 is 5.41 Å². The molecular weight excluding hydrogens is 282 g/mol. The van der Waals surface area contributed by atoms with Crippen molar-refractivity contribution in [3.8, 4) is 0 Å². The first-order valence-electron chi connectivity index (χ1n) is 8.05. The molecule has 7 heteroatoms. The van der Waals surface area contributed by atoms with Crippen LogP contribution in [0.1, 0.15) is 38.4 Å². The van der Waals surface area contributed by atoms with Gasteiger partial charge in [0.2, 0.25) is 11.8 Å². The van der Waals surface area contributed by atoms with Crippen molar-refractivity contribution in [2.45, 2.75) is 40.2 Å². The SMILES string of the molecule is CCC(CC)(CN)C(=O)N1CCN(Cc2nc(C)no2)CC1. The molecule has 2 N–H and O–H groups in total. The quantitative estimate of drug-likeness (QED) is 0.835. The van der Waals surface area contributed by atoms with E-state index in [-0.39, 0.29) is 5.91 Å². The van der Waals surface area contributed by atoms with E-state index in [1.54, 1.807) is 0 Å². The molecular formula is C15H27N5O2. The smallest absolute Gasteiger partial charge is 0.240 e. The maximum atomic E-state index is 12.8. The molecule has 0 saturated carbocycles. The summed E-state index contributed by atoms with van der Waals surface area (Å²) >= 11 is 0. The Labute approximate surface area is 131 Å². The number of hydrogen-bond acceptors (Lipinski definition) is 6.